The highest BCUT2D eigenvalue weighted by Crippen LogP contribution is 2.34. The molecule has 0 spiro atoms. The fourth-order valence-corrected chi connectivity index (χ4v) is 2.74. The third-order valence-electron chi connectivity index (χ3n) is 3.84. The van der Waals surface area contributed by atoms with Gasteiger partial charge >= 0.3 is 6.09 Å². The van der Waals surface area contributed by atoms with E-state index in [4.69, 9.17) is 14.2 Å². The molecule has 1 N–H and O–H groups in total. The van der Waals surface area contributed by atoms with Gasteiger partial charge in [0.15, 0.2) is 11.5 Å². The molecule has 1 aromatic rings. The fourth-order valence-electron chi connectivity index (χ4n) is 2.74. The summed E-state index contributed by atoms with van der Waals surface area (Å²) in [6.45, 7) is 0.491. The Bertz CT molecular complexity index is 497. The van der Waals surface area contributed by atoms with Gasteiger partial charge in [0, 0.05) is 0 Å². The summed E-state index contributed by atoms with van der Waals surface area (Å²) in [5.74, 6) is 1.46. The maximum Gasteiger partial charge on any atom is 0.407 e. The molecule has 108 valence electrons. The topological polar surface area (TPSA) is 56.8 Å². The highest BCUT2D eigenvalue weighted by molar-refractivity contribution is 5.69. The van der Waals surface area contributed by atoms with Crippen LogP contribution in [0.15, 0.2) is 18.2 Å². The van der Waals surface area contributed by atoms with Crippen LogP contribution in [0, 0.1) is 0 Å². The average molecular weight is 277 g/mol. The second-order valence-corrected chi connectivity index (χ2v) is 5.21. The molecule has 0 aromatic heterocycles. The molecular weight excluding hydrogens is 258 g/mol. The fraction of sp³-hybridized carbons (Fsp3) is 0.533. The number of rotatable bonds is 4. The molecule has 0 radical (unpaired) electrons. The lowest BCUT2D eigenvalue weighted by molar-refractivity contribution is 0.141. The van der Waals surface area contributed by atoms with E-state index in [9.17, 15) is 4.79 Å². The molecule has 1 aliphatic carbocycles. The molecule has 2 aliphatic rings. The molecule has 1 saturated carbocycles. The Kier molecular flexibility index (Phi) is 3.67. The van der Waals surface area contributed by atoms with Crippen LogP contribution in [0.1, 0.15) is 37.4 Å². The van der Waals surface area contributed by atoms with Crippen molar-refractivity contribution in [3.8, 4) is 11.5 Å². The van der Waals surface area contributed by atoms with Gasteiger partial charge in [-0.2, -0.15) is 0 Å². The third-order valence-corrected chi connectivity index (χ3v) is 3.84. The van der Waals surface area contributed by atoms with E-state index in [0.29, 0.717) is 18.4 Å². The van der Waals surface area contributed by atoms with E-state index in [2.05, 4.69) is 5.32 Å². The van der Waals surface area contributed by atoms with Crippen molar-refractivity contribution in [3.63, 3.8) is 0 Å². The zero-order chi connectivity index (χ0) is 13.9. The molecule has 1 aromatic carbocycles. The Balaban J connectivity index is 1.76. The van der Waals surface area contributed by atoms with Gasteiger partial charge in [0.1, 0.15) is 6.10 Å². The standard InChI is InChI=1S/C15H19NO4/c1-18-13-8-10(14-9-16-15(17)20-14)6-7-12(13)19-11-4-2-3-5-11/h6-8,11,14H,2-5,9H2,1H3,(H,16,17). The molecule has 3 rings (SSSR count). The predicted octanol–water partition coefficient (Wildman–Crippen LogP) is 2.80. The van der Waals surface area contributed by atoms with E-state index in [1.807, 2.05) is 18.2 Å². The van der Waals surface area contributed by atoms with Crippen molar-refractivity contribution < 1.29 is 19.0 Å². The zero-order valence-electron chi connectivity index (χ0n) is 11.6. The van der Waals surface area contributed by atoms with Crippen LogP contribution in [0.4, 0.5) is 4.79 Å². The lowest BCUT2D eigenvalue weighted by atomic mass is 10.1. The monoisotopic (exact) mass is 277 g/mol. The van der Waals surface area contributed by atoms with E-state index in [1.165, 1.54) is 12.8 Å². The third kappa shape index (κ3) is 2.66. The number of carbonyl (C=O) groups is 1. The molecular formula is C15H19NO4. The summed E-state index contributed by atoms with van der Waals surface area (Å²) in [5.41, 5.74) is 0.916. The Hall–Kier alpha value is -1.91. The SMILES string of the molecule is COc1cc(C2CNC(=O)O2)ccc1OC1CCCC1. The predicted molar refractivity (Wildman–Crippen MR) is 73.1 cm³/mol. The van der Waals surface area contributed by atoms with Gasteiger partial charge in [-0.3, -0.25) is 0 Å². The van der Waals surface area contributed by atoms with E-state index in [-0.39, 0.29) is 12.2 Å². The van der Waals surface area contributed by atoms with Gasteiger partial charge in [-0.25, -0.2) is 4.79 Å². The Morgan fingerprint density at radius 2 is 2.05 bits per heavy atom. The van der Waals surface area contributed by atoms with E-state index < -0.39 is 0 Å². The molecule has 1 heterocycles. The number of cyclic esters (lactones) is 1. The molecule has 1 aliphatic heterocycles. The van der Waals surface area contributed by atoms with Crippen molar-refractivity contribution in [1.29, 1.82) is 0 Å². The van der Waals surface area contributed by atoms with Crippen molar-refractivity contribution in [3.05, 3.63) is 23.8 Å². The Morgan fingerprint density at radius 3 is 2.70 bits per heavy atom. The number of benzene rings is 1. The minimum Gasteiger partial charge on any atom is -0.493 e. The van der Waals surface area contributed by atoms with Crippen molar-refractivity contribution in [2.75, 3.05) is 13.7 Å². The quantitative estimate of drug-likeness (QED) is 0.919. The number of carbonyl (C=O) groups excluding carboxylic acids is 1. The molecule has 1 unspecified atom stereocenters. The second-order valence-electron chi connectivity index (χ2n) is 5.21. The highest BCUT2D eigenvalue weighted by atomic mass is 16.6. The lowest BCUT2D eigenvalue weighted by Gasteiger charge is -2.17. The van der Waals surface area contributed by atoms with Gasteiger partial charge in [-0.1, -0.05) is 6.07 Å². The average Bonchev–Trinajstić information content (AvgIpc) is 3.11. The van der Waals surface area contributed by atoms with Crippen LogP contribution in [-0.2, 0) is 4.74 Å². The first-order chi connectivity index (χ1) is 9.76. The summed E-state index contributed by atoms with van der Waals surface area (Å²) >= 11 is 0. The molecule has 2 fully saturated rings. The molecule has 1 amide bonds. The Morgan fingerprint density at radius 1 is 1.25 bits per heavy atom. The van der Waals surface area contributed by atoms with Crippen LogP contribution in [-0.4, -0.2) is 25.9 Å². The van der Waals surface area contributed by atoms with Crippen LogP contribution in [0.25, 0.3) is 0 Å². The van der Waals surface area contributed by atoms with Crippen molar-refractivity contribution in [2.24, 2.45) is 0 Å². The van der Waals surface area contributed by atoms with Crippen LogP contribution >= 0.6 is 0 Å². The molecule has 0 bridgehead atoms. The number of nitrogens with one attached hydrogen (secondary N) is 1. The molecule has 1 saturated heterocycles. The summed E-state index contributed by atoms with van der Waals surface area (Å²) < 4.78 is 16.6. The largest absolute Gasteiger partial charge is 0.493 e. The zero-order valence-corrected chi connectivity index (χ0v) is 11.6. The van der Waals surface area contributed by atoms with Gasteiger partial charge in [0.2, 0.25) is 0 Å². The van der Waals surface area contributed by atoms with Crippen molar-refractivity contribution in [1.82, 2.24) is 5.32 Å². The van der Waals surface area contributed by atoms with Crippen molar-refractivity contribution in [2.45, 2.75) is 37.9 Å². The number of hydrogen-bond acceptors (Lipinski definition) is 4. The van der Waals surface area contributed by atoms with E-state index in [0.717, 1.165) is 24.2 Å². The van der Waals surface area contributed by atoms with Gasteiger partial charge in [0.25, 0.3) is 0 Å². The number of methoxy groups -OCH3 is 1. The number of ether oxygens (including phenoxy) is 3. The number of alkyl carbamates (subject to hydrolysis) is 1. The maximum absolute atomic E-state index is 11.1. The minimum absolute atomic E-state index is 0.253. The van der Waals surface area contributed by atoms with Gasteiger partial charge in [-0.15, -0.1) is 0 Å². The molecule has 20 heavy (non-hydrogen) atoms. The van der Waals surface area contributed by atoms with E-state index in [1.54, 1.807) is 7.11 Å². The molecule has 5 nitrogen and oxygen atoms in total. The number of hydrogen-bond donors (Lipinski definition) is 1. The maximum atomic E-state index is 11.1. The van der Waals surface area contributed by atoms with Gasteiger partial charge in [-0.05, 0) is 43.4 Å². The molecule has 5 heteroatoms. The summed E-state index contributed by atoms with van der Waals surface area (Å²) in [7, 11) is 1.62. The minimum atomic E-state index is -0.375. The smallest absolute Gasteiger partial charge is 0.407 e. The first-order valence-corrected chi connectivity index (χ1v) is 7.05. The summed E-state index contributed by atoms with van der Waals surface area (Å²) in [4.78, 5) is 11.1. The Labute approximate surface area is 118 Å². The van der Waals surface area contributed by atoms with Gasteiger partial charge in [0.05, 0.1) is 19.8 Å². The highest BCUT2D eigenvalue weighted by Gasteiger charge is 2.25. The van der Waals surface area contributed by atoms with Crippen LogP contribution in [0.3, 0.4) is 0 Å². The van der Waals surface area contributed by atoms with Crippen LogP contribution < -0.4 is 14.8 Å². The van der Waals surface area contributed by atoms with E-state index >= 15 is 0 Å². The normalized spacial score (nSPS) is 22.4. The van der Waals surface area contributed by atoms with Crippen molar-refractivity contribution >= 4 is 6.09 Å². The lowest BCUT2D eigenvalue weighted by Crippen LogP contribution is -2.13. The molecule has 1 atom stereocenters. The summed E-state index contributed by atoms with van der Waals surface area (Å²) in [6, 6.07) is 5.71. The first kappa shape index (κ1) is 13.1. The second kappa shape index (κ2) is 5.61. The summed E-state index contributed by atoms with van der Waals surface area (Å²) in [5, 5.41) is 2.65. The summed E-state index contributed by atoms with van der Waals surface area (Å²) in [6.07, 6.45) is 4.34. The van der Waals surface area contributed by atoms with Crippen LogP contribution in [0.5, 0.6) is 11.5 Å². The first-order valence-electron chi connectivity index (χ1n) is 7.05. The van der Waals surface area contributed by atoms with Crippen LogP contribution in [0.2, 0.25) is 0 Å². The number of amides is 1. The van der Waals surface area contributed by atoms with Gasteiger partial charge < -0.3 is 19.5 Å².